The fraction of sp³-hybridized carbons (Fsp3) is 0.269. The van der Waals surface area contributed by atoms with Crippen LogP contribution in [0.25, 0.3) is 11.0 Å². The molecule has 180 valence electrons. The number of nitrogens with zero attached hydrogens (tertiary/aromatic N) is 2. The molecule has 0 aliphatic rings. The number of halogens is 2. The van der Waals surface area contributed by atoms with Crippen LogP contribution in [0.15, 0.2) is 69.9 Å². The summed E-state index contributed by atoms with van der Waals surface area (Å²) in [6, 6.07) is 17.8. The minimum atomic E-state index is -0.332. The molecular formula is C26H28BrFN2O3S. The van der Waals surface area contributed by atoms with Crippen molar-refractivity contribution in [2.45, 2.75) is 20.0 Å². The molecule has 0 fully saturated rings. The Labute approximate surface area is 211 Å². The molecule has 0 atom stereocenters. The van der Waals surface area contributed by atoms with Gasteiger partial charge in [-0.15, -0.1) is 0 Å². The Bertz CT molecular complexity index is 1320. The summed E-state index contributed by atoms with van der Waals surface area (Å²) in [4.78, 5) is 13.4. The van der Waals surface area contributed by atoms with Crippen LogP contribution in [0.1, 0.15) is 18.1 Å². The van der Waals surface area contributed by atoms with E-state index < -0.39 is 0 Å². The second-order valence-corrected chi connectivity index (χ2v) is 9.24. The zero-order chi connectivity index (χ0) is 24.7. The molecule has 0 aliphatic heterocycles. The SMILES string of the molecule is CCOc1cc(Cn2c(=O)n(Cc3ccccc3F)c3cc(Br)ccc32)ccc1OC.CSC. The number of hydrogen-bond acceptors (Lipinski definition) is 4. The summed E-state index contributed by atoms with van der Waals surface area (Å²) in [7, 11) is 1.59. The third-order valence-corrected chi connectivity index (χ3v) is 5.63. The van der Waals surface area contributed by atoms with Crippen LogP contribution in [0, 0.1) is 5.82 Å². The maximum atomic E-state index is 14.3. The number of aromatic nitrogens is 2. The molecule has 0 saturated heterocycles. The van der Waals surface area contributed by atoms with Gasteiger partial charge in [-0.05, 0) is 61.4 Å². The minimum Gasteiger partial charge on any atom is -0.493 e. The topological polar surface area (TPSA) is 45.4 Å². The first-order valence-electron chi connectivity index (χ1n) is 10.7. The average molecular weight is 547 g/mol. The van der Waals surface area contributed by atoms with E-state index in [9.17, 15) is 9.18 Å². The predicted molar refractivity (Wildman–Crippen MR) is 142 cm³/mol. The fourth-order valence-electron chi connectivity index (χ4n) is 3.67. The molecule has 0 radical (unpaired) electrons. The number of ether oxygens (including phenoxy) is 2. The average Bonchev–Trinajstić information content (AvgIpc) is 3.06. The van der Waals surface area contributed by atoms with E-state index >= 15 is 0 Å². The molecule has 0 aliphatic carbocycles. The lowest BCUT2D eigenvalue weighted by molar-refractivity contribution is 0.310. The third-order valence-electron chi connectivity index (χ3n) is 5.14. The lowest BCUT2D eigenvalue weighted by Gasteiger charge is -2.11. The van der Waals surface area contributed by atoms with E-state index in [1.165, 1.54) is 6.07 Å². The van der Waals surface area contributed by atoms with E-state index in [4.69, 9.17) is 9.47 Å². The summed E-state index contributed by atoms with van der Waals surface area (Å²) in [6.07, 6.45) is 4.08. The Morgan fingerprint density at radius 3 is 2.32 bits per heavy atom. The zero-order valence-electron chi connectivity index (χ0n) is 19.7. The highest BCUT2D eigenvalue weighted by atomic mass is 79.9. The van der Waals surface area contributed by atoms with Gasteiger partial charge in [0.25, 0.3) is 0 Å². The predicted octanol–water partition coefficient (Wildman–Crippen LogP) is 6.19. The quantitative estimate of drug-likeness (QED) is 0.277. The highest BCUT2D eigenvalue weighted by Gasteiger charge is 2.16. The molecule has 3 aromatic carbocycles. The van der Waals surface area contributed by atoms with E-state index in [2.05, 4.69) is 15.9 Å². The number of imidazole rings is 1. The van der Waals surface area contributed by atoms with Crippen molar-refractivity contribution in [1.29, 1.82) is 0 Å². The number of fused-ring (bicyclic) bond motifs is 1. The molecule has 8 heteroatoms. The van der Waals surface area contributed by atoms with Crippen LogP contribution in [-0.4, -0.2) is 35.4 Å². The van der Waals surface area contributed by atoms with Crippen molar-refractivity contribution in [2.75, 3.05) is 26.2 Å². The Morgan fingerprint density at radius 1 is 0.941 bits per heavy atom. The van der Waals surface area contributed by atoms with Crippen molar-refractivity contribution in [2.24, 2.45) is 0 Å². The monoisotopic (exact) mass is 546 g/mol. The van der Waals surface area contributed by atoms with E-state index in [1.54, 1.807) is 46.2 Å². The highest BCUT2D eigenvalue weighted by molar-refractivity contribution is 9.10. The van der Waals surface area contributed by atoms with Gasteiger partial charge in [0.05, 0.1) is 37.8 Å². The standard InChI is InChI=1S/C24H22BrFN2O3.C2H6S/c1-3-31-23-12-16(8-11-22(23)30-2)14-27-20-10-9-18(25)13-21(20)28(24(27)29)15-17-6-4-5-7-19(17)26;1-3-2/h4-13H,3,14-15H2,1-2H3;1-2H3. The second kappa shape index (κ2) is 12.1. The van der Waals surface area contributed by atoms with E-state index in [0.29, 0.717) is 30.2 Å². The number of benzene rings is 3. The van der Waals surface area contributed by atoms with Gasteiger partial charge in [0.2, 0.25) is 0 Å². The van der Waals surface area contributed by atoms with Gasteiger partial charge in [0, 0.05) is 10.0 Å². The van der Waals surface area contributed by atoms with Crippen LogP contribution in [0.2, 0.25) is 0 Å². The number of rotatable bonds is 7. The van der Waals surface area contributed by atoms with Gasteiger partial charge in [-0.2, -0.15) is 11.8 Å². The van der Waals surface area contributed by atoms with Crippen LogP contribution in [-0.2, 0) is 13.1 Å². The lowest BCUT2D eigenvalue weighted by Crippen LogP contribution is -2.25. The van der Waals surface area contributed by atoms with Gasteiger partial charge in [-0.3, -0.25) is 9.13 Å². The molecule has 0 N–H and O–H groups in total. The van der Waals surface area contributed by atoms with Crippen molar-refractivity contribution >= 4 is 38.7 Å². The summed E-state index contributed by atoms with van der Waals surface area (Å²) in [6.45, 7) is 2.92. The Balaban J connectivity index is 0.00000103. The van der Waals surface area contributed by atoms with Gasteiger partial charge in [-0.1, -0.05) is 40.2 Å². The van der Waals surface area contributed by atoms with Crippen molar-refractivity contribution < 1.29 is 13.9 Å². The van der Waals surface area contributed by atoms with Crippen LogP contribution >= 0.6 is 27.7 Å². The molecule has 5 nitrogen and oxygen atoms in total. The molecule has 0 spiro atoms. The molecule has 1 heterocycles. The maximum Gasteiger partial charge on any atom is 0.329 e. The molecule has 0 bridgehead atoms. The number of methoxy groups -OCH3 is 1. The maximum absolute atomic E-state index is 14.3. The van der Waals surface area contributed by atoms with Crippen LogP contribution < -0.4 is 15.2 Å². The molecule has 0 amide bonds. The summed E-state index contributed by atoms with van der Waals surface area (Å²) in [5.74, 6) is 0.944. The first kappa shape index (κ1) is 25.9. The number of thioether (sulfide) groups is 1. The van der Waals surface area contributed by atoms with Gasteiger partial charge >= 0.3 is 5.69 Å². The Kier molecular flexibility index (Phi) is 9.24. The van der Waals surface area contributed by atoms with Crippen LogP contribution in [0.3, 0.4) is 0 Å². The molecular weight excluding hydrogens is 519 g/mol. The number of hydrogen-bond donors (Lipinski definition) is 0. The van der Waals surface area contributed by atoms with E-state index in [-0.39, 0.29) is 18.1 Å². The van der Waals surface area contributed by atoms with Crippen molar-refractivity contribution in [1.82, 2.24) is 9.13 Å². The highest BCUT2D eigenvalue weighted by Crippen LogP contribution is 2.29. The zero-order valence-corrected chi connectivity index (χ0v) is 22.1. The van der Waals surface area contributed by atoms with Crippen LogP contribution in [0.4, 0.5) is 4.39 Å². The molecule has 0 unspecified atom stereocenters. The molecule has 34 heavy (non-hydrogen) atoms. The summed E-state index contributed by atoms with van der Waals surface area (Å²) >= 11 is 5.23. The van der Waals surface area contributed by atoms with E-state index in [1.807, 2.05) is 55.8 Å². The first-order valence-corrected chi connectivity index (χ1v) is 13.2. The summed E-state index contributed by atoms with van der Waals surface area (Å²) in [5.41, 5.74) is 2.68. The van der Waals surface area contributed by atoms with Gasteiger partial charge < -0.3 is 9.47 Å². The van der Waals surface area contributed by atoms with Crippen molar-refractivity contribution in [3.8, 4) is 11.5 Å². The lowest BCUT2D eigenvalue weighted by atomic mass is 10.2. The second-order valence-electron chi connectivity index (χ2n) is 7.51. The smallest absolute Gasteiger partial charge is 0.329 e. The molecule has 4 aromatic rings. The minimum absolute atomic E-state index is 0.151. The van der Waals surface area contributed by atoms with Gasteiger partial charge in [0.1, 0.15) is 5.82 Å². The Morgan fingerprint density at radius 2 is 1.65 bits per heavy atom. The normalized spacial score (nSPS) is 10.6. The summed E-state index contributed by atoms with van der Waals surface area (Å²) in [5, 5.41) is 0. The summed E-state index contributed by atoms with van der Waals surface area (Å²) < 4.78 is 29.4. The fourth-order valence-corrected chi connectivity index (χ4v) is 4.01. The largest absolute Gasteiger partial charge is 0.493 e. The Hall–Kier alpha value is -2.71. The van der Waals surface area contributed by atoms with E-state index in [0.717, 1.165) is 21.1 Å². The van der Waals surface area contributed by atoms with Gasteiger partial charge in [0.15, 0.2) is 11.5 Å². The van der Waals surface area contributed by atoms with Crippen molar-refractivity contribution in [3.63, 3.8) is 0 Å². The molecule has 4 rings (SSSR count). The third kappa shape index (κ3) is 5.85. The van der Waals surface area contributed by atoms with Crippen molar-refractivity contribution in [3.05, 3.63) is 92.6 Å². The molecule has 1 aromatic heterocycles. The molecule has 0 saturated carbocycles. The van der Waals surface area contributed by atoms with Gasteiger partial charge in [-0.25, -0.2) is 9.18 Å². The first-order chi connectivity index (χ1) is 16.4. The van der Waals surface area contributed by atoms with Crippen LogP contribution in [0.5, 0.6) is 11.5 Å².